The monoisotopic (exact) mass is 365 g/mol. The van der Waals surface area contributed by atoms with E-state index in [0.29, 0.717) is 20.5 Å². The first kappa shape index (κ1) is 14.2. The predicted octanol–water partition coefficient (Wildman–Crippen LogP) is 2.57. The van der Waals surface area contributed by atoms with Gasteiger partial charge in [-0.15, -0.1) is 11.3 Å². The van der Waals surface area contributed by atoms with Crippen LogP contribution in [0.2, 0.25) is 0 Å². The van der Waals surface area contributed by atoms with Gasteiger partial charge in [0.05, 0.1) is 16.4 Å². The van der Waals surface area contributed by atoms with Gasteiger partial charge in [0.1, 0.15) is 10.7 Å². The second-order valence-corrected chi connectivity index (χ2v) is 6.82. The SMILES string of the molecule is Cc1sc2nc(Cn3cccc(Br)c3=O)[nH]c(=O)c2c1C. The lowest BCUT2D eigenvalue weighted by molar-refractivity contribution is 0.713. The fraction of sp³-hybridized carbons (Fsp3) is 0.214. The topological polar surface area (TPSA) is 67.8 Å². The molecule has 0 aromatic carbocycles. The average molecular weight is 366 g/mol. The van der Waals surface area contributed by atoms with Crippen molar-refractivity contribution in [3.05, 3.63) is 59.8 Å². The van der Waals surface area contributed by atoms with Gasteiger partial charge in [0.15, 0.2) is 0 Å². The van der Waals surface area contributed by atoms with Crippen molar-refractivity contribution >= 4 is 37.5 Å². The van der Waals surface area contributed by atoms with E-state index in [4.69, 9.17) is 0 Å². The Hall–Kier alpha value is -1.73. The normalized spacial score (nSPS) is 11.2. The highest BCUT2D eigenvalue weighted by Crippen LogP contribution is 2.25. The van der Waals surface area contributed by atoms with Crippen LogP contribution in [0.25, 0.3) is 10.2 Å². The van der Waals surface area contributed by atoms with Crippen LogP contribution in [0.1, 0.15) is 16.3 Å². The Morgan fingerprint density at radius 3 is 2.90 bits per heavy atom. The molecule has 0 atom stereocenters. The van der Waals surface area contributed by atoms with E-state index in [-0.39, 0.29) is 17.7 Å². The van der Waals surface area contributed by atoms with Gasteiger partial charge in [-0.1, -0.05) is 0 Å². The zero-order chi connectivity index (χ0) is 15.1. The Kier molecular flexibility index (Phi) is 3.54. The van der Waals surface area contributed by atoms with Crippen molar-refractivity contribution < 1.29 is 0 Å². The molecule has 0 spiro atoms. The van der Waals surface area contributed by atoms with Crippen LogP contribution in [0.3, 0.4) is 0 Å². The summed E-state index contributed by atoms with van der Waals surface area (Å²) in [5, 5.41) is 0.642. The summed E-state index contributed by atoms with van der Waals surface area (Å²) in [7, 11) is 0. The number of aromatic amines is 1. The first-order valence-electron chi connectivity index (χ1n) is 6.31. The molecule has 0 fully saturated rings. The summed E-state index contributed by atoms with van der Waals surface area (Å²) in [6.45, 7) is 4.13. The van der Waals surface area contributed by atoms with Gasteiger partial charge in [-0.05, 0) is 47.5 Å². The summed E-state index contributed by atoms with van der Waals surface area (Å²) in [4.78, 5) is 33.2. The van der Waals surface area contributed by atoms with E-state index in [0.717, 1.165) is 10.4 Å². The van der Waals surface area contributed by atoms with Crippen molar-refractivity contribution in [2.75, 3.05) is 0 Å². The van der Waals surface area contributed by atoms with E-state index < -0.39 is 0 Å². The summed E-state index contributed by atoms with van der Waals surface area (Å²) in [5.74, 6) is 0.481. The molecule has 21 heavy (non-hydrogen) atoms. The van der Waals surface area contributed by atoms with Crippen LogP contribution in [-0.4, -0.2) is 14.5 Å². The molecule has 0 bridgehead atoms. The average Bonchev–Trinajstić information content (AvgIpc) is 2.71. The van der Waals surface area contributed by atoms with Gasteiger partial charge in [-0.3, -0.25) is 9.59 Å². The van der Waals surface area contributed by atoms with Crippen molar-refractivity contribution in [2.24, 2.45) is 0 Å². The maximum atomic E-state index is 12.2. The second-order valence-electron chi connectivity index (χ2n) is 4.77. The Labute approximate surface area is 132 Å². The molecule has 0 unspecified atom stereocenters. The van der Waals surface area contributed by atoms with Gasteiger partial charge < -0.3 is 9.55 Å². The summed E-state index contributed by atoms with van der Waals surface area (Å²) in [6, 6.07) is 3.45. The molecule has 0 aliphatic heterocycles. The second kappa shape index (κ2) is 5.23. The minimum Gasteiger partial charge on any atom is -0.308 e. The number of aromatic nitrogens is 3. The lowest BCUT2D eigenvalue weighted by atomic mass is 10.2. The number of H-pyrrole nitrogens is 1. The molecule has 5 nitrogen and oxygen atoms in total. The highest BCUT2D eigenvalue weighted by Gasteiger charge is 2.12. The molecule has 3 aromatic rings. The quantitative estimate of drug-likeness (QED) is 0.758. The van der Waals surface area contributed by atoms with E-state index in [1.165, 1.54) is 15.9 Å². The summed E-state index contributed by atoms with van der Waals surface area (Å²) in [5.41, 5.74) is 0.661. The number of halogens is 1. The van der Waals surface area contributed by atoms with E-state index >= 15 is 0 Å². The number of hydrogen-bond acceptors (Lipinski definition) is 4. The zero-order valence-electron chi connectivity index (χ0n) is 11.4. The highest BCUT2D eigenvalue weighted by atomic mass is 79.9. The van der Waals surface area contributed by atoms with E-state index in [9.17, 15) is 9.59 Å². The van der Waals surface area contributed by atoms with Gasteiger partial charge in [0.25, 0.3) is 11.1 Å². The Morgan fingerprint density at radius 2 is 2.14 bits per heavy atom. The number of fused-ring (bicyclic) bond motifs is 1. The number of rotatable bonds is 2. The van der Waals surface area contributed by atoms with Crippen LogP contribution in [0.15, 0.2) is 32.4 Å². The first-order chi connectivity index (χ1) is 9.97. The lowest BCUT2D eigenvalue weighted by Crippen LogP contribution is -2.23. The number of pyridine rings is 1. The molecule has 0 radical (unpaired) electrons. The summed E-state index contributed by atoms with van der Waals surface area (Å²) < 4.78 is 1.98. The zero-order valence-corrected chi connectivity index (χ0v) is 13.8. The minimum atomic E-state index is -0.154. The van der Waals surface area contributed by atoms with Crippen molar-refractivity contribution in [3.8, 4) is 0 Å². The third kappa shape index (κ3) is 2.47. The van der Waals surface area contributed by atoms with Crippen molar-refractivity contribution in [2.45, 2.75) is 20.4 Å². The maximum absolute atomic E-state index is 12.2. The van der Waals surface area contributed by atoms with Gasteiger partial charge >= 0.3 is 0 Å². The van der Waals surface area contributed by atoms with E-state index in [1.54, 1.807) is 18.3 Å². The van der Waals surface area contributed by atoms with Gasteiger partial charge in [-0.2, -0.15) is 0 Å². The first-order valence-corrected chi connectivity index (χ1v) is 7.92. The molecular weight excluding hydrogens is 354 g/mol. The smallest absolute Gasteiger partial charge is 0.265 e. The molecule has 3 heterocycles. The van der Waals surface area contributed by atoms with Crippen LogP contribution < -0.4 is 11.1 Å². The fourth-order valence-electron chi connectivity index (χ4n) is 2.17. The Bertz CT molecular complexity index is 955. The number of nitrogens with one attached hydrogen (secondary N) is 1. The maximum Gasteiger partial charge on any atom is 0.265 e. The molecule has 0 amide bonds. The molecule has 1 N–H and O–H groups in total. The van der Waals surface area contributed by atoms with Crippen LogP contribution in [0, 0.1) is 13.8 Å². The molecule has 3 aromatic heterocycles. The Morgan fingerprint density at radius 1 is 1.38 bits per heavy atom. The van der Waals surface area contributed by atoms with Crippen LogP contribution >= 0.6 is 27.3 Å². The third-order valence-corrected chi connectivity index (χ3v) is 5.09. The van der Waals surface area contributed by atoms with Crippen LogP contribution in [0.5, 0.6) is 0 Å². The molecule has 0 aliphatic carbocycles. The molecule has 3 rings (SSSR count). The molecule has 0 saturated heterocycles. The molecule has 108 valence electrons. The summed E-state index contributed by atoms with van der Waals surface area (Å²) in [6.07, 6.45) is 1.67. The third-order valence-electron chi connectivity index (χ3n) is 3.38. The van der Waals surface area contributed by atoms with Crippen molar-refractivity contribution in [1.82, 2.24) is 14.5 Å². The molecule has 7 heteroatoms. The fourth-order valence-corrected chi connectivity index (χ4v) is 3.60. The van der Waals surface area contributed by atoms with Gasteiger partial charge in [0, 0.05) is 11.1 Å². The molecular formula is C14H12BrN3O2S. The number of thiophene rings is 1. The van der Waals surface area contributed by atoms with E-state index in [2.05, 4.69) is 25.9 Å². The standard InChI is InChI=1S/C14H12BrN3O2S/c1-7-8(2)21-13-11(7)12(19)16-10(17-13)6-18-5-3-4-9(15)14(18)20/h3-5H,6H2,1-2H3,(H,16,17,19). The summed E-state index contributed by atoms with van der Waals surface area (Å²) >= 11 is 4.70. The predicted molar refractivity (Wildman–Crippen MR) is 87.2 cm³/mol. The number of hydrogen-bond donors (Lipinski definition) is 1. The molecule has 0 aliphatic rings. The highest BCUT2D eigenvalue weighted by molar-refractivity contribution is 9.10. The van der Waals surface area contributed by atoms with Crippen molar-refractivity contribution in [1.29, 1.82) is 0 Å². The van der Waals surface area contributed by atoms with Crippen LogP contribution in [0.4, 0.5) is 0 Å². The van der Waals surface area contributed by atoms with Crippen LogP contribution in [-0.2, 0) is 6.54 Å². The van der Waals surface area contributed by atoms with Crippen molar-refractivity contribution in [3.63, 3.8) is 0 Å². The largest absolute Gasteiger partial charge is 0.308 e. The lowest BCUT2D eigenvalue weighted by Gasteiger charge is -2.05. The minimum absolute atomic E-state index is 0.153. The number of aryl methyl sites for hydroxylation is 2. The van der Waals surface area contributed by atoms with Gasteiger partial charge in [-0.25, -0.2) is 4.98 Å². The number of nitrogens with zero attached hydrogens (tertiary/aromatic N) is 2. The molecule has 0 saturated carbocycles. The Balaban J connectivity index is 2.12. The van der Waals surface area contributed by atoms with E-state index in [1.807, 2.05) is 13.8 Å². The van der Waals surface area contributed by atoms with Gasteiger partial charge in [0.2, 0.25) is 0 Å².